The minimum Gasteiger partial charge on any atom is -0.480 e. The number of nitrogens with one attached hydrogen (secondary N) is 2. The van der Waals surface area contributed by atoms with E-state index in [-0.39, 0.29) is 23.8 Å². The van der Waals surface area contributed by atoms with Crippen LogP contribution >= 0.6 is 11.8 Å². The molecule has 0 bridgehead atoms. The normalized spacial score (nSPS) is 12.3. The van der Waals surface area contributed by atoms with Gasteiger partial charge in [-0.05, 0) is 18.1 Å². The summed E-state index contributed by atoms with van der Waals surface area (Å²) in [5.41, 5.74) is 0.459. The molecule has 1 aromatic carbocycles. The van der Waals surface area contributed by atoms with Gasteiger partial charge < -0.3 is 15.4 Å². The molecule has 1 atom stereocenters. The minimum absolute atomic E-state index is 0.180. The molecule has 1 amide bonds. The van der Waals surface area contributed by atoms with Gasteiger partial charge in [-0.3, -0.25) is 9.59 Å². The standard InChI is InChI=1S/C17H21N3O4S/c1-10(2)15(17(23)24)20-14(21)7-8-25-9-13-18-12-6-4-3-5-11(12)16(22)19-13/h3-6,10,15H,7-9H2,1-2H3,(H,20,21)(H,23,24)(H,18,19,22)/t15-/m0/s1. The molecule has 0 unspecified atom stereocenters. The van der Waals surface area contributed by atoms with Crippen LogP contribution in [0.25, 0.3) is 10.9 Å². The maximum absolute atomic E-state index is 12.0. The zero-order valence-corrected chi connectivity index (χ0v) is 14.9. The van der Waals surface area contributed by atoms with Gasteiger partial charge in [0.1, 0.15) is 11.9 Å². The Balaban J connectivity index is 1.84. The van der Waals surface area contributed by atoms with Gasteiger partial charge in [0.15, 0.2) is 0 Å². The molecule has 2 aromatic rings. The lowest BCUT2D eigenvalue weighted by Crippen LogP contribution is -2.44. The summed E-state index contributed by atoms with van der Waals surface area (Å²) in [4.78, 5) is 42.0. The van der Waals surface area contributed by atoms with Crippen LogP contribution in [0.3, 0.4) is 0 Å². The van der Waals surface area contributed by atoms with Gasteiger partial charge in [-0.25, -0.2) is 9.78 Å². The lowest BCUT2D eigenvalue weighted by molar-refractivity contribution is -0.143. The van der Waals surface area contributed by atoms with Crippen molar-refractivity contribution in [2.75, 3.05) is 5.75 Å². The van der Waals surface area contributed by atoms with Gasteiger partial charge in [0, 0.05) is 12.2 Å². The highest BCUT2D eigenvalue weighted by Crippen LogP contribution is 2.12. The third-order valence-corrected chi connectivity index (χ3v) is 4.59. The van der Waals surface area contributed by atoms with Crippen LogP contribution in [-0.2, 0) is 15.3 Å². The van der Waals surface area contributed by atoms with E-state index in [1.807, 2.05) is 6.07 Å². The Morgan fingerprint density at radius 1 is 1.32 bits per heavy atom. The molecule has 25 heavy (non-hydrogen) atoms. The van der Waals surface area contributed by atoms with E-state index in [4.69, 9.17) is 5.11 Å². The third-order valence-electron chi connectivity index (χ3n) is 3.62. The van der Waals surface area contributed by atoms with Crippen LogP contribution in [0.15, 0.2) is 29.1 Å². The van der Waals surface area contributed by atoms with Gasteiger partial charge in [-0.1, -0.05) is 26.0 Å². The summed E-state index contributed by atoms with van der Waals surface area (Å²) in [6.45, 7) is 3.49. The summed E-state index contributed by atoms with van der Waals surface area (Å²) in [5, 5.41) is 12.1. The van der Waals surface area contributed by atoms with Crippen molar-refractivity contribution in [1.29, 1.82) is 0 Å². The Hall–Kier alpha value is -2.35. The van der Waals surface area contributed by atoms with E-state index >= 15 is 0 Å². The summed E-state index contributed by atoms with van der Waals surface area (Å²) in [5.74, 6) is 0.0235. The van der Waals surface area contributed by atoms with Crippen molar-refractivity contribution in [1.82, 2.24) is 15.3 Å². The third kappa shape index (κ3) is 5.32. The molecule has 1 heterocycles. The second-order valence-corrected chi connectivity index (χ2v) is 7.06. The maximum atomic E-state index is 12.0. The summed E-state index contributed by atoms with van der Waals surface area (Å²) < 4.78 is 0. The number of carboxylic acid groups (broad SMARTS) is 1. The summed E-state index contributed by atoms with van der Waals surface area (Å²) in [6, 6.07) is 6.23. The van der Waals surface area contributed by atoms with E-state index < -0.39 is 12.0 Å². The molecule has 2 rings (SSSR count). The average Bonchev–Trinajstić information content (AvgIpc) is 2.56. The number of carbonyl (C=O) groups excluding carboxylic acids is 1. The summed E-state index contributed by atoms with van der Waals surface area (Å²) >= 11 is 1.45. The van der Waals surface area contributed by atoms with Crippen LogP contribution in [0.2, 0.25) is 0 Å². The van der Waals surface area contributed by atoms with Crippen LogP contribution < -0.4 is 10.9 Å². The largest absolute Gasteiger partial charge is 0.480 e. The molecular formula is C17H21N3O4S. The first kappa shape index (κ1) is 19.0. The second kappa shape index (κ2) is 8.66. The number of hydrogen-bond donors (Lipinski definition) is 3. The van der Waals surface area contributed by atoms with E-state index in [0.29, 0.717) is 28.2 Å². The van der Waals surface area contributed by atoms with Crippen LogP contribution in [0.5, 0.6) is 0 Å². The van der Waals surface area contributed by atoms with Gasteiger partial charge in [-0.2, -0.15) is 11.8 Å². The zero-order chi connectivity index (χ0) is 18.4. The number of H-pyrrole nitrogens is 1. The zero-order valence-electron chi connectivity index (χ0n) is 14.1. The first-order valence-electron chi connectivity index (χ1n) is 7.96. The van der Waals surface area contributed by atoms with E-state index in [1.165, 1.54) is 11.8 Å². The molecule has 0 radical (unpaired) electrons. The van der Waals surface area contributed by atoms with Crippen molar-refractivity contribution in [3.05, 3.63) is 40.4 Å². The van der Waals surface area contributed by atoms with Crippen molar-refractivity contribution in [2.45, 2.75) is 32.1 Å². The van der Waals surface area contributed by atoms with Crippen molar-refractivity contribution in [3.8, 4) is 0 Å². The number of aromatic amines is 1. The molecule has 0 aliphatic carbocycles. The van der Waals surface area contributed by atoms with E-state index in [9.17, 15) is 14.4 Å². The molecule has 0 fully saturated rings. The monoisotopic (exact) mass is 363 g/mol. The Labute approximate surface area is 149 Å². The number of carbonyl (C=O) groups is 2. The number of para-hydroxylation sites is 1. The molecule has 3 N–H and O–H groups in total. The maximum Gasteiger partial charge on any atom is 0.326 e. The van der Waals surface area contributed by atoms with Gasteiger partial charge in [0.05, 0.1) is 16.7 Å². The van der Waals surface area contributed by atoms with Gasteiger partial charge >= 0.3 is 5.97 Å². The molecule has 134 valence electrons. The van der Waals surface area contributed by atoms with Crippen LogP contribution in [-0.4, -0.2) is 38.7 Å². The number of rotatable bonds is 8. The van der Waals surface area contributed by atoms with E-state index in [1.54, 1.807) is 32.0 Å². The molecule has 8 heteroatoms. The number of aromatic nitrogens is 2. The Morgan fingerprint density at radius 2 is 2.04 bits per heavy atom. The fraction of sp³-hybridized carbons (Fsp3) is 0.412. The Bertz CT molecular complexity index is 819. The van der Waals surface area contributed by atoms with Crippen molar-refractivity contribution >= 4 is 34.5 Å². The molecule has 7 nitrogen and oxygen atoms in total. The number of hydrogen-bond acceptors (Lipinski definition) is 5. The second-order valence-electron chi connectivity index (χ2n) is 5.96. The highest BCUT2D eigenvalue weighted by Gasteiger charge is 2.22. The van der Waals surface area contributed by atoms with Crippen LogP contribution in [0, 0.1) is 5.92 Å². The van der Waals surface area contributed by atoms with Crippen LogP contribution in [0.1, 0.15) is 26.1 Å². The molecule has 0 saturated carbocycles. The van der Waals surface area contributed by atoms with Gasteiger partial charge in [-0.15, -0.1) is 0 Å². The lowest BCUT2D eigenvalue weighted by atomic mass is 10.0. The predicted octanol–water partition coefficient (Wildman–Crippen LogP) is 1.77. The van der Waals surface area contributed by atoms with Crippen LogP contribution in [0.4, 0.5) is 0 Å². The minimum atomic E-state index is -1.03. The summed E-state index contributed by atoms with van der Waals surface area (Å²) in [7, 11) is 0. The smallest absolute Gasteiger partial charge is 0.326 e. The molecule has 0 aliphatic rings. The van der Waals surface area contributed by atoms with Gasteiger partial charge in [0.2, 0.25) is 5.91 Å². The fourth-order valence-corrected chi connectivity index (χ4v) is 3.10. The van der Waals surface area contributed by atoms with Crippen molar-refractivity contribution < 1.29 is 14.7 Å². The average molecular weight is 363 g/mol. The topological polar surface area (TPSA) is 112 Å². The summed E-state index contributed by atoms with van der Waals surface area (Å²) in [6.07, 6.45) is 0.207. The number of nitrogens with zero attached hydrogens (tertiary/aromatic N) is 1. The molecule has 0 spiro atoms. The number of amides is 1. The van der Waals surface area contributed by atoms with E-state index in [2.05, 4.69) is 15.3 Å². The highest BCUT2D eigenvalue weighted by molar-refractivity contribution is 7.98. The number of thioether (sulfide) groups is 1. The lowest BCUT2D eigenvalue weighted by Gasteiger charge is -2.17. The Kier molecular flexibility index (Phi) is 6.58. The molecule has 1 aromatic heterocycles. The number of carboxylic acids is 1. The number of aliphatic carboxylic acids is 1. The first-order chi connectivity index (χ1) is 11.9. The molecule has 0 saturated heterocycles. The first-order valence-corrected chi connectivity index (χ1v) is 9.12. The number of fused-ring (bicyclic) bond motifs is 1. The predicted molar refractivity (Wildman–Crippen MR) is 97.5 cm³/mol. The fourth-order valence-electron chi connectivity index (χ4n) is 2.30. The molecule has 0 aliphatic heterocycles. The quantitative estimate of drug-likeness (QED) is 0.616. The van der Waals surface area contributed by atoms with Crippen molar-refractivity contribution in [3.63, 3.8) is 0 Å². The SMILES string of the molecule is CC(C)[C@H](NC(=O)CCSCc1nc2ccccc2c(=O)[nH]1)C(=O)O. The van der Waals surface area contributed by atoms with E-state index in [0.717, 1.165) is 0 Å². The van der Waals surface area contributed by atoms with Crippen molar-refractivity contribution in [2.24, 2.45) is 5.92 Å². The highest BCUT2D eigenvalue weighted by atomic mass is 32.2. The molecular weight excluding hydrogens is 342 g/mol. The Morgan fingerprint density at radius 3 is 2.72 bits per heavy atom. The van der Waals surface area contributed by atoms with Gasteiger partial charge in [0.25, 0.3) is 5.56 Å². The number of benzene rings is 1.